The molecule has 1 fully saturated rings. The third-order valence-electron chi connectivity index (χ3n) is 3.89. The standard InChI is InChI=1S/C13H27NO/c1-10(13(2,3)4)9-14-11-7-5-6-8-12(11)15/h10-12,14-15H,5-9H2,1-4H3/t10?,11-,12-/m0/s1. The van der Waals surface area contributed by atoms with E-state index in [4.69, 9.17) is 0 Å². The third kappa shape index (κ3) is 4.12. The predicted molar refractivity (Wildman–Crippen MR) is 64.9 cm³/mol. The van der Waals surface area contributed by atoms with E-state index < -0.39 is 0 Å². The van der Waals surface area contributed by atoms with Crippen LogP contribution in [0.2, 0.25) is 0 Å². The minimum Gasteiger partial charge on any atom is -0.392 e. The zero-order chi connectivity index (χ0) is 11.5. The highest BCUT2D eigenvalue weighted by atomic mass is 16.3. The van der Waals surface area contributed by atoms with Gasteiger partial charge >= 0.3 is 0 Å². The molecule has 0 bridgehead atoms. The van der Waals surface area contributed by atoms with Crippen molar-refractivity contribution in [2.45, 2.75) is 65.5 Å². The first-order valence-corrected chi connectivity index (χ1v) is 6.32. The molecule has 1 unspecified atom stereocenters. The second-order valence-corrected chi connectivity index (χ2v) is 6.13. The van der Waals surface area contributed by atoms with Crippen LogP contribution in [0.1, 0.15) is 53.4 Å². The second-order valence-electron chi connectivity index (χ2n) is 6.13. The van der Waals surface area contributed by atoms with Crippen molar-refractivity contribution in [2.75, 3.05) is 6.54 Å². The van der Waals surface area contributed by atoms with Crippen LogP contribution in [0.25, 0.3) is 0 Å². The van der Waals surface area contributed by atoms with E-state index in [1.165, 1.54) is 12.8 Å². The molecule has 0 aromatic rings. The van der Waals surface area contributed by atoms with Gasteiger partial charge in [-0.2, -0.15) is 0 Å². The van der Waals surface area contributed by atoms with Crippen molar-refractivity contribution >= 4 is 0 Å². The van der Waals surface area contributed by atoms with Gasteiger partial charge in [0.25, 0.3) is 0 Å². The largest absolute Gasteiger partial charge is 0.392 e. The maximum Gasteiger partial charge on any atom is 0.0693 e. The first kappa shape index (κ1) is 13.0. The number of aliphatic hydroxyl groups excluding tert-OH is 1. The summed E-state index contributed by atoms with van der Waals surface area (Å²) in [6.45, 7) is 10.1. The Morgan fingerprint density at radius 2 is 1.87 bits per heavy atom. The monoisotopic (exact) mass is 213 g/mol. The molecule has 2 nitrogen and oxygen atoms in total. The summed E-state index contributed by atoms with van der Waals surface area (Å²) in [6, 6.07) is 0.337. The van der Waals surface area contributed by atoms with E-state index in [2.05, 4.69) is 33.0 Å². The van der Waals surface area contributed by atoms with Crippen molar-refractivity contribution in [2.24, 2.45) is 11.3 Å². The fraction of sp³-hybridized carbons (Fsp3) is 1.00. The Bertz CT molecular complexity index is 185. The van der Waals surface area contributed by atoms with Crippen LogP contribution in [-0.2, 0) is 0 Å². The summed E-state index contributed by atoms with van der Waals surface area (Å²) in [6.07, 6.45) is 4.44. The molecule has 0 spiro atoms. The fourth-order valence-electron chi connectivity index (χ4n) is 1.98. The minimum atomic E-state index is -0.120. The SMILES string of the molecule is CC(CN[C@H]1CCCC[C@@H]1O)C(C)(C)C. The molecule has 15 heavy (non-hydrogen) atoms. The van der Waals surface area contributed by atoms with Gasteiger partial charge in [-0.05, 0) is 30.7 Å². The average Bonchev–Trinajstić information content (AvgIpc) is 2.14. The van der Waals surface area contributed by atoms with Crippen LogP contribution in [0, 0.1) is 11.3 Å². The van der Waals surface area contributed by atoms with E-state index in [9.17, 15) is 5.11 Å². The van der Waals surface area contributed by atoms with E-state index >= 15 is 0 Å². The van der Waals surface area contributed by atoms with E-state index in [0.29, 0.717) is 17.4 Å². The molecule has 2 N–H and O–H groups in total. The molecule has 3 atom stereocenters. The van der Waals surface area contributed by atoms with Gasteiger partial charge < -0.3 is 10.4 Å². The zero-order valence-corrected chi connectivity index (χ0v) is 10.7. The number of nitrogens with one attached hydrogen (secondary N) is 1. The van der Waals surface area contributed by atoms with E-state index in [1.807, 2.05) is 0 Å². The van der Waals surface area contributed by atoms with Gasteiger partial charge in [0.05, 0.1) is 6.10 Å². The van der Waals surface area contributed by atoms with Crippen LogP contribution >= 0.6 is 0 Å². The van der Waals surface area contributed by atoms with E-state index in [-0.39, 0.29) is 6.10 Å². The summed E-state index contributed by atoms with van der Waals surface area (Å²) in [5, 5.41) is 13.3. The molecule has 2 heteroatoms. The molecule has 0 amide bonds. The Labute approximate surface area is 94.5 Å². The lowest BCUT2D eigenvalue weighted by molar-refractivity contribution is 0.0851. The van der Waals surface area contributed by atoms with Crippen LogP contribution in [0.4, 0.5) is 0 Å². The molecular weight excluding hydrogens is 186 g/mol. The number of hydrogen-bond acceptors (Lipinski definition) is 2. The maximum absolute atomic E-state index is 9.82. The Morgan fingerprint density at radius 1 is 1.27 bits per heavy atom. The fourth-order valence-corrected chi connectivity index (χ4v) is 1.98. The van der Waals surface area contributed by atoms with Gasteiger partial charge in [0.2, 0.25) is 0 Å². The van der Waals surface area contributed by atoms with Gasteiger partial charge in [0.1, 0.15) is 0 Å². The molecular formula is C13H27NO. The normalized spacial score (nSPS) is 30.2. The lowest BCUT2D eigenvalue weighted by Crippen LogP contribution is -2.45. The molecule has 0 aromatic heterocycles. The first-order chi connectivity index (χ1) is 6.91. The topological polar surface area (TPSA) is 32.3 Å². The highest BCUT2D eigenvalue weighted by molar-refractivity contribution is 4.82. The molecule has 1 saturated carbocycles. The lowest BCUT2D eigenvalue weighted by Gasteiger charge is -2.33. The summed E-state index contributed by atoms with van der Waals surface area (Å²) in [7, 11) is 0. The van der Waals surface area contributed by atoms with E-state index in [1.54, 1.807) is 0 Å². The third-order valence-corrected chi connectivity index (χ3v) is 3.89. The highest BCUT2D eigenvalue weighted by Crippen LogP contribution is 2.25. The van der Waals surface area contributed by atoms with E-state index in [0.717, 1.165) is 19.4 Å². The van der Waals surface area contributed by atoms with Gasteiger partial charge in [0.15, 0.2) is 0 Å². The summed E-state index contributed by atoms with van der Waals surface area (Å²) in [4.78, 5) is 0. The second kappa shape index (κ2) is 5.31. The van der Waals surface area contributed by atoms with Crippen molar-refractivity contribution in [3.63, 3.8) is 0 Å². The average molecular weight is 213 g/mol. The molecule has 1 rings (SSSR count). The molecule has 0 radical (unpaired) electrons. The predicted octanol–water partition coefficient (Wildman–Crippen LogP) is 2.56. The Hall–Kier alpha value is -0.0800. The van der Waals surface area contributed by atoms with Crippen molar-refractivity contribution in [3.05, 3.63) is 0 Å². The van der Waals surface area contributed by atoms with Crippen LogP contribution in [0.15, 0.2) is 0 Å². The van der Waals surface area contributed by atoms with Crippen LogP contribution < -0.4 is 5.32 Å². The zero-order valence-electron chi connectivity index (χ0n) is 10.7. The van der Waals surface area contributed by atoms with Crippen molar-refractivity contribution in [1.82, 2.24) is 5.32 Å². The summed E-state index contributed by atoms with van der Waals surface area (Å²) >= 11 is 0. The molecule has 90 valence electrons. The van der Waals surface area contributed by atoms with Gasteiger partial charge in [-0.3, -0.25) is 0 Å². The lowest BCUT2D eigenvalue weighted by atomic mass is 9.81. The molecule has 1 aliphatic rings. The number of rotatable bonds is 3. The summed E-state index contributed by atoms with van der Waals surface area (Å²) in [5.74, 6) is 0.645. The first-order valence-electron chi connectivity index (χ1n) is 6.32. The van der Waals surface area contributed by atoms with Crippen LogP contribution in [-0.4, -0.2) is 23.8 Å². The van der Waals surface area contributed by atoms with Gasteiger partial charge in [0, 0.05) is 6.04 Å². The molecule has 0 aromatic carbocycles. The Kier molecular flexibility index (Phi) is 4.60. The van der Waals surface area contributed by atoms with Crippen molar-refractivity contribution in [1.29, 1.82) is 0 Å². The summed E-state index contributed by atoms with van der Waals surface area (Å²) < 4.78 is 0. The van der Waals surface area contributed by atoms with Crippen molar-refractivity contribution < 1.29 is 5.11 Å². The van der Waals surface area contributed by atoms with Crippen LogP contribution in [0.3, 0.4) is 0 Å². The molecule has 0 saturated heterocycles. The highest BCUT2D eigenvalue weighted by Gasteiger charge is 2.25. The minimum absolute atomic E-state index is 0.120. The quantitative estimate of drug-likeness (QED) is 0.755. The number of aliphatic hydroxyl groups is 1. The molecule has 1 aliphatic carbocycles. The van der Waals surface area contributed by atoms with Gasteiger partial charge in [-0.15, -0.1) is 0 Å². The molecule has 0 aliphatic heterocycles. The van der Waals surface area contributed by atoms with Gasteiger partial charge in [-0.1, -0.05) is 40.5 Å². The Balaban J connectivity index is 2.29. The van der Waals surface area contributed by atoms with Gasteiger partial charge in [-0.25, -0.2) is 0 Å². The Morgan fingerprint density at radius 3 is 2.40 bits per heavy atom. The van der Waals surface area contributed by atoms with Crippen molar-refractivity contribution in [3.8, 4) is 0 Å². The maximum atomic E-state index is 9.82. The number of hydrogen-bond donors (Lipinski definition) is 2. The molecule has 0 heterocycles. The van der Waals surface area contributed by atoms with Crippen LogP contribution in [0.5, 0.6) is 0 Å². The summed E-state index contributed by atoms with van der Waals surface area (Å²) in [5.41, 5.74) is 0.354. The smallest absolute Gasteiger partial charge is 0.0693 e.